The second kappa shape index (κ2) is 9.00. The summed E-state index contributed by atoms with van der Waals surface area (Å²) in [6, 6.07) is 14.1. The summed E-state index contributed by atoms with van der Waals surface area (Å²) in [4.78, 5) is 20.3. The fourth-order valence-corrected chi connectivity index (χ4v) is 2.50. The highest BCUT2D eigenvalue weighted by Crippen LogP contribution is 2.30. The van der Waals surface area contributed by atoms with Crippen molar-refractivity contribution in [2.24, 2.45) is 0 Å². The van der Waals surface area contributed by atoms with Crippen LogP contribution in [0.1, 0.15) is 22.8 Å². The molecular formula is C20H18ClN3O3. The Morgan fingerprint density at radius 2 is 1.93 bits per heavy atom. The number of nitrogens with one attached hydrogen (secondary N) is 1. The summed E-state index contributed by atoms with van der Waals surface area (Å²) in [5, 5.41) is 3.09. The van der Waals surface area contributed by atoms with E-state index in [-0.39, 0.29) is 11.1 Å². The van der Waals surface area contributed by atoms with Crippen LogP contribution in [0.15, 0.2) is 60.9 Å². The van der Waals surface area contributed by atoms with Crippen LogP contribution in [0.4, 0.5) is 0 Å². The SMILES string of the molecule is CCOc1ccccc1Oc1ccc(CNC(=O)c2ccnc(Cl)c2)cn1. The molecular weight excluding hydrogens is 366 g/mol. The van der Waals surface area contributed by atoms with Crippen LogP contribution in [0.25, 0.3) is 0 Å². The van der Waals surface area contributed by atoms with Crippen LogP contribution >= 0.6 is 11.6 Å². The van der Waals surface area contributed by atoms with Crippen LogP contribution in [0.2, 0.25) is 5.15 Å². The van der Waals surface area contributed by atoms with Crippen molar-refractivity contribution in [3.8, 4) is 17.4 Å². The first-order chi connectivity index (χ1) is 13.2. The molecule has 1 amide bonds. The van der Waals surface area contributed by atoms with E-state index in [1.807, 2.05) is 37.3 Å². The monoisotopic (exact) mass is 383 g/mol. The summed E-state index contributed by atoms with van der Waals surface area (Å²) in [6.07, 6.45) is 3.14. The van der Waals surface area contributed by atoms with Gasteiger partial charge in [-0.3, -0.25) is 4.79 Å². The number of hydrogen-bond acceptors (Lipinski definition) is 5. The van der Waals surface area contributed by atoms with Gasteiger partial charge < -0.3 is 14.8 Å². The first kappa shape index (κ1) is 18.7. The first-order valence-corrected chi connectivity index (χ1v) is 8.78. The number of benzene rings is 1. The molecule has 2 aromatic heterocycles. The fourth-order valence-electron chi connectivity index (χ4n) is 2.33. The van der Waals surface area contributed by atoms with Gasteiger partial charge >= 0.3 is 0 Å². The molecule has 3 rings (SSSR count). The number of aromatic nitrogens is 2. The van der Waals surface area contributed by atoms with Crippen molar-refractivity contribution in [3.05, 3.63) is 77.2 Å². The van der Waals surface area contributed by atoms with Crippen molar-refractivity contribution in [2.45, 2.75) is 13.5 Å². The molecule has 138 valence electrons. The number of halogens is 1. The van der Waals surface area contributed by atoms with Crippen LogP contribution in [0.5, 0.6) is 17.4 Å². The minimum atomic E-state index is -0.231. The van der Waals surface area contributed by atoms with Crippen molar-refractivity contribution in [1.29, 1.82) is 0 Å². The number of para-hydroxylation sites is 2. The zero-order valence-corrected chi connectivity index (χ0v) is 15.4. The molecule has 0 atom stereocenters. The lowest BCUT2D eigenvalue weighted by molar-refractivity contribution is 0.0951. The molecule has 0 aliphatic carbocycles. The molecule has 7 heteroatoms. The maximum atomic E-state index is 12.1. The van der Waals surface area contributed by atoms with E-state index in [2.05, 4.69) is 15.3 Å². The highest BCUT2D eigenvalue weighted by molar-refractivity contribution is 6.29. The molecule has 1 aromatic carbocycles. The normalized spacial score (nSPS) is 10.3. The molecule has 1 N–H and O–H groups in total. The number of carbonyl (C=O) groups is 1. The number of ether oxygens (including phenoxy) is 2. The third-order valence-corrected chi connectivity index (χ3v) is 3.81. The van der Waals surface area contributed by atoms with E-state index in [1.54, 1.807) is 18.3 Å². The van der Waals surface area contributed by atoms with E-state index in [4.69, 9.17) is 21.1 Å². The third-order valence-electron chi connectivity index (χ3n) is 3.60. The van der Waals surface area contributed by atoms with Crippen LogP contribution in [0, 0.1) is 0 Å². The number of amides is 1. The van der Waals surface area contributed by atoms with Crippen LogP contribution in [-0.4, -0.2) is 22.5 Å². The van der Waals surface area contributed by atoms with Gasteiger partial charge in [-0.2, -0.15) is 0 Å². The van der Waals surface area contributed by atoms with Gasteiger partial charge in [-0.25, -0.2) is 9.97 Å². The lowest BCUT2D eigenvalue weighted by Crippen LogP contribution is -2.22. The van der Waals surface area contributed by atoms with Gasteiger partial charge in [0.1, 0.15) is 5.15 Å². The van der Waals surface area contributed by atoms with Crippen molar-refractivity contribution in [3.63, 3.8) is 0 Å². The van der Waals surface area contributed by atoms with Crippen LogP contribution in [-0.2, 0) is 6.54 Å². The Hall–Kier alpha value is -3.12. The Labute approximate surface area is 162 Å². The molecule has 3 aromatic rings. The van der Waals surface area contributed by atoms with Gasteiger partial charge in [0, 0.05) is 30.6 Å². The predicted octanol–water partition coefficient (Wildman–Crippen LogP) is 4.25. The maximum Gasteiger partial charge on any atom is 0.251 e. The number of hydrogen-bond donors (Lipinski definition) is 1. The quantitative estimate of drug-likeness (QED) is 0.617. The second-order valence-electron chi connectivity index (χ2n) is 5.54. The molecule has 0 aliphatic heterocycles. The molecule has 0 bridgehead atoms. The average Bonchev–Trinajstić information content (AvgIpc) is 2.69. The Balaban J connectivity index is 1.60. The van der Waals surface area contributed by atoms with E-state index >= 15 is 0 Å². The zero-order valence-electron chi connectivity index (χ0n) is 14.7. The molecule has 0 fully saturated rings. The van der Waals surface area contributed by atoms with E-state index in [1.165, 1.54) is 12.3 Å². The largest absolute Gasteiger partial charge is 0.490 e. The molecule has 0 saturated heterocycles. The maximum absolute atomic E-state index is 12.1. The minimum Gasteiger partial charge on any atom is -0.490 e. The number of carbonyl (C=O) groups excluding carboxylic acids is 1. The molecule has 6 nitrogen and oxygen atoms in total. The summed E-state index contributed by atoms with van der Waals surface area (Å²) in [7, 11) is 0. The van der Waals surface area contributed by atoms with E-state index < -0.39 is 0 Å². The van der Waals surface area contributed by atoms with Gasteiger partial charge in [-0.1, -0.05) is 29.8 Å². The standard InChI is InChI=1S/C20H18ClN3O3/c1-2-26-16-5-3-4-6-17(16)27-19-8-7-14(12-23-19)13-24-20(25)15-9-10-22-18(21)11-15/h3-12H,2,13H2,1H3,(H,24,25). The van der Waals surface area contributed by atoms with E-state index in [0.29, 0.717) is 36.1 Å². The second-order valence-corrected chi connectivity index (χ2v) is 5.92. The summed E-state index contributed by atoms with van der Waals surface area (Å²) < 4.78 is 11.3. The Bertz CT molecular complexity index is 916. The highest BCUT2D eigenvalue weighted by atomic mass is 35.5. The summed E-state index contributed by atoms with van der Waals surface area (Å²) in [6.45, 7) is 2.80. The Kier molecular flexibility index (Phi) is 6.22. The first-order valence-electron chi connectivity index (χ1n) is 8.40. The van der Waals surface area contributed by atoms with Gasteiger partial charge in [0.05, 0.1) is 6.61 Å². The summed E-state index contributed by atoms with van der Waals surface area (Å²) in [5.74, 6) is 1.47. The van der Waals surface area contributed by atoms with Crippen molar-refractivity contribution in [2.75, 3.05) is 6.61 Å². The molecule has 0 aliphatic rings. The van der Waals surface area contributed by atoms with Gasteiger partial charge in [0.15, 0.2) is 11.5 Å². The van der Waals surface area contributed by atoms with Gasteiger partial charge in [0.2, 0.25) is 5.88 Å². The van der Waals surface area contributed by atoms with Crippen LogP contribution < -0.4 is 14.8 Å². The number of rotatable bonds is 7. The Morgan fingerprint density at radius 1 is 1.11 bits per heavy atom. The zero-order chi connectivity index (χ0) is 19.1. The number of pyridine rings is 2. The van der Waals surface area contributed by atoms with E-state index in [0.717, 1.165) is 5.56 Å². The molecule has 0 radical (unpaired) electrons. The summed E-state index contributed by atoms with van der Waals surface area (Å²) >= 11 is 5.80. The summed E-state index contributed by atoms with van der Waals surface area (Å²) in [5.41, 5.74) is 1.30. The molecule has 0 spiro atoms. The topological polar surface area (TPSA) is 73.3 Å². The van der Waals surface area contributed by atoms with Gasteiger partial charge in [0.25, 0.3) is 5.91 Å². The molecule has 2 heterocycles. The lowest BCUT2D eigenvalue weighted by atomic mass is 10.2. The van der Waals surface area contributed by atoms with Gasteiger partial charge in [-0.15, -0.1) is 0 Å². The predicted molar refractivity (Wildman–Crippen MR) is 102 cm³/mol. The average molecular weight is 384 g/mol. The van der Waals surface area contributed by atoms with Crippen molar-refractivity contribution in [1.82, 2.24) is 15.3 Å². The van der Waals surface area contributed by atoms with E-state index in [9.17, 15) is 4.79 Å². The lowest BCUT2D eigenvalue weighted by Gasteiger charge is -2.11. The van der Waals surface area contributed by atoms with Gasteiger partial charge in [-0.05, 0) is 36.8 Å². The molecule has 0 unspecified atom stereocenters. The van der Waals surface area contributed by atoms with Crippen molar-refractivity contribution >= 4 is 17.5 Å². The number of nitrogens with zero attached hydrogens (tertiary/aromatic N) is 2. The molecule has 0 saturated carbocycles. The van der Waals surface area contributed by atoms with Crippen LogP contribution in [0.3, 0.4) is 0 Å². The smallest absolute Gasteiger partial charge is 0.251 e. The van der Waals surface area contributed by atoms with Crippen molar-refractivity contribution < 1.29 is 14.3 Å². The minimum absolute atomic E-state index is 0.231. The third kappa shape index (κ3) is 5.18. The molecule has 27 heavy (non-hydrogen) atoms. The fraction of sp³-hybridized carbons (Fsp3) is 0.150. The Morgan fingerprint density at radius 3 is 2.63 bits per heavy atom. The highest BCUT2D eigenvalue weighted by Gasteiger charge is 2.08.